The van der Waals surface area contributed by atoms with Gasteiger partial charge >= 0.3 is 0 Å². The molecule has 4 nitrogen and oxygen atoms in total. The summed E-state index contributed by atoms with van der Waals surface area (Å²) in [5, 5.41) is 9.39. The van der Waals surface area contributed by atoms with Crippen LogP contribution in [0.25, 0.3) is 0 Å². The van der Waals surface area contributed by atoms with E-state index in [-0.39, 0.29) is 6.61 Å². The van der Waals surface area contributed by atoms with Crippen molar-refractivity contribution in [3.05, 3.63) is 17.0 Å². The molecule has 1 heterocycles. The predicted octanol–water partition coefficient (Wildman–Crippen LogP) is 1.65. The molecule has 0 spiro atoms. The molecular formula is C10H16ClN3O. The number of hydrogen-bond acceptors (Lipinski definition) is 4. The van der Waals surface area contributed by atoms with E-state index in [1.165, 1.54) is 0 Å². The second-order valence-corrected chi connectivity index (χ2v) is 3.69. The Morgan fingerprint density at radius 2 is 2.13 bits per heavy atom. The van der Waals surface area contributed by atoms with Crippen molar-refractivity contribution in [3.63, 3.8) is 0 Å². The first kappa shape index (κ1) is 12.2. The second kappa shape index (κ2) is 5.88. The Bertz CT molecular complexity index is 293. The third-order valence-electron chi connectivity index (χ3n) is 1.98. The highest BCUT2D eigenvalue weighted by Gasteiger charge is 2.08. The van der Waals surface area contributed by atoms with E-state index in [9.17, 15) is 0 Å². The average Bonchev–Trinajstić information content (AvgIpc) is 2.16. The van der Waals surface area contributed by atoms with Crippen LogP contribution in [-0.4, -0.2) is 34.8 Å². The van der Waals surface area contributed by atoms with Crippen LogP contribution >= 0.6 is 11.6 Å². The Labute approximate surface area is 94.9 Å². The molecule has 0 bridgehead atoms. The van der Waals surface area contributed by atoms with Gasteiger partial charge in [0.1, 0.15) is 16.8 Å². The first-order valence-corrected chi connectivity index (χ1v) is 5.42. The molecule has 15 heavy (non-hydrogen) atoms. The molecule has 0 atom stereocenters. The lowest BCUT2D eigenvalue weighted by atomic mass is 10.4. The molecule has 0 radical (unpaired) electrons. The highest BCUT2D eigenvalue weighted by molar-refractivity contribution is 6.29. The van der Waals surface area contributed by atoms with Gasteiger partial charge in [0.05, 0.1) is 6.61 Å². The molecule has 0 aromatic carbocycles. The summed E-state index contributed by atoms with van der Waals surface area (Å²) >= 11 is 5.85. The zero-order chi connectivity index (χ0) is 11.3. The summed E-state index contributed by atoms with van der Waals surface area (Å²) in [5.41, 5.74) is 0. The van der Waals surface area contributed by atoms with Gasteiger partial charge in [0.25, 0.3) is 0 Å². The van der Waals surface area contributed by atoms with Crippen LogP contribution in [0.1, 0.15) is 19.2 Å². The summed E-state index contributed by atoms with van der Waals surface area (Å²) in [5.74, 6) is 1.43. The molecule has 0 aliphatic heterocycles. The zero-order valence-electron chi connectivity index (χ0n) is 9.07. The summed E-state index contributed by atoms with van der Waals surface area (Å²) in [6.45, 7) is 5.42. The van der Waals surface area contributed by atoms with Gasteiger partial charge in [-0.1, -0.05) is 18.5 Å². The Hall–Kier alpha value is -0.870. The van der Waals surface area contributed by atoms with Crippen molar-refractivity contribution in [2.75, 3.05) is 24.6 Å². The van der Waals surface area contributed by atoms with Crippen LogP contribution in [0.15, 0.2) is 6.07 Å². The number of aliphatic hydroxyl groups excluding tert-OH is 1. The van der Waals surface area contributed by atoms with E-state index in [1.54, 1.807) is 13.0 Å². The highest BCUT2D eigenvalue weighted by atomic mass is 35.5. The number of hydrogen-bond donors (Lipinski definition) is 1. The summed E-state index contributed by atoms with van der Waals surface area (Å²) < 4.78 is 0. The van der Waals surface area contributed by atoms with Crippen LogP contribution in [0.5, 0.6) is 0 Å². The molecule has 1 aromatic heterocycles. The van der Waals surface area contributed by atoms with Gasteiger partial charge in [0.15, 0.2) is 0 Å². The molecule has 0 unspecified atom stereocenters. The first-order chi connectivity index (χ1) is 7.17. The maximum atomic E-state index is 8.95. The van der Waals surface area contributed by atoms with Crippen molar-refractivity contribution < 1.29 is 5.11 Å². The minimum atomic E-state index is 0.112. The topological polar surface area (TPSA) is 49.2 Å². The Kier molecular flexibility index (Phi) is 4.78. The van der Waals surface area contributed by atoms with Crippen LogP contribution in [0.2, 0.25) is 5.15 Å². The van der Waals surface area contributed by atoms with Gasteiger partial charge in [0, 0.05) is 19.2 Å². The van der Waals surface area contributed by atoms with Crippen molar-refractivity contribution in [3.8, 4) is 0 Å². The number of aliphatic hydroxyl groups is 1. The SMILES string of the molecule is CCCN(CCO)c1cc(Cl)nc(C)n1. The van der Waals surface area contributed by atoms with Crippen LogP contribution in [0.3, 0.4) is 0 Å². The van der Waals surface area contributed by atoms with Crippen molar-refractivity contribution in [1.82, 2.24) is 9.97 Å². The minimum absolute atomic E-state index is 0.112. The summed E-state index contributed by atoms with van der Waals surface area (Å²) in [6.07, 6.45) is 1.00. The number of anilines is 1. The van der Waals surface area contributed by atoms with E-state index in [0.29, 0.717) is 17.5 Å². The Morgan fingerprint density at radius 3 is 2.67 bits per heavy atom. The third-order valence-corrected chi connectivity index (χ3v) is 2.17. The summed E-state index contributed by atoms with van der Waals surface area (Å²) in [7, 11) is 0. The fraction of sp³-hybridized carbons (Fsp3) is 0.600. The van der Waals surface area contributed by atoms with Gasteiger partial charge in [-0.25, -0.2) is 9.97 Å². The molecule has 84 valence electrons. The summed E-state index contributed by atoms with van der Waals surface area (Å²) in [6, 6.07) is 1.72. The van der Waals surface area contributed by atoms with E-state index in [1.807, 2.05) is 4.90 Å². The molecule has 0 saturated carbocycles. The van der Waals surface area contributed by atoms with E-state index in [0.717, 1.165) is 18.8 Å². The Balaban J connectivity index is 2.88. The molecule has 5 heteroatoms. The smallest absolute Gasteiger partial charge is 0.134 e. The molecular weight excluding hydrogens is 214 g/mol. The summed E-state index contributed by atoms with van der Waals surface area (Å²) in [4.78, 5) is 10.3. The average molecular weight is 230 g/mol. The minimum Gasteiger partial charge on any atom is -0.395 e. The zero-order valence-corrected chi connectivity index (χ0v) is 9.83. The maximum absolute atomic E-state index is 8.95. The van der Waals surface area contributed by atoms with Crippen LogP contribution in [0.4, 0.5) is 5.82 Å². The van der Waals surface area contributed by atoms with Gasteiger partial charge in [-0.3, -0.25) is 0 Å². The van der Waals surface area contributed by atoms with Crippen LogP contribution in [0, 0.1) is 6.92 Å². The van der Waals surface area contributed by atoms with E-state index in [4.69, 9.17) is 16.7 Å². The Morgan fingerprint density at radius 1 is 1.40 bits per heavy atom. The molecule has 0 aliphatic carbocycles. The fourth-order valence-corrected chi connectivity index (χ4v) is 1.63. The number of nitrogens with zero attached hydrogens (tertiary/aromatic N) is 3. The molecule has 0 aliphatic rings. The number of halogens is 1. The number of aromatic nitrogens is 2. The van der Waals surface area contributed by atoms with Crippen molar-refractivity contribution in [1.29, 1.82) is 0 Å². The van der Waals surface area contributed by atoms with Crippen molar-refractivity contribution in [2.24, 2.45) is 0 Å². The second-order valence-electron chi connectivity index (χ2n) is 3.31. The lowest BCUT2D eigenvalue weighted by Crippen LogP contribution is -2.28. The standard InChI is InChI=1S/C10H16ClN3O/c1-3-4-14(5-6-15)10-7-9(11)12-8(2)13-10/h7,15H,3-6H2,1-2H3. The van der Waals surface area contributed by atoms with Crippen molar-refractivity contribution in [2.45, 2.75) is 20.3 Å². The lowest BCUT2D eigenvalue weighted by molar-refractivity contribution is 0.301. The molecule has 0 saturated heterocycles. The van der Waals surface area contributed by atoms with E-state index >= 15 is 0 Å². The molecule has 1 aromatic rings. The number of aryl methyl sites for hydroxylation is 1. The largest absolute Gasteiger partial charge is 0.395 e. The molecule has 1 N–H and O–H groups in total. The van der Waals surface area contributed by atoms with Crippen LogP contribution in [-0.2, 0) is 0 Å². The van der Waals surface area contributed by atoms with Crippen molar-refractivity contribution >= 4 is 17.4 Å². The van der Waals surface area contributed by atoms with Gasteiger partial charge in [-0.2, -0.15) is 0 Å². The third kappa shape index (κ3) is 3.64. The molecule has 1 rings (SSSR count). The first-order valence-electron chi connectivity index (χ1n) is 5.04. The van der Waals surface area contributed by atoms with E-state index < -0.39 is 0 Å². The van der Waals surface area contributed by atoms with Gasteiger partial charge < -0.3 is 10.0 Å². The van der Waals surface area contributed by atoms with Crippen LogP contribution < -0.4 is 4.90 Å². The normalized spacial score (nSPS) is 10.4. The molecule has 0 fully saturated rings. The molecule has 0 amide bonds. The maximum Gasteiger partial charge on any atom is 0.134 e. The lowest BCUT2D eigenvalue weighted by Gasteiger charge is -2.22. The highest BCUT2D eigenvalue weighted by Crippen LogP contribution is 2.15. The number of rotatable bonds is 5. The van der Waals surface area contributed by atoms with Gasteiger partial charge in [-0.05, 0) is 13.3 Å². The van der Waals surface area contributed by atoms with E-state index in [2.05, 4.69) is 16.9 Å². The predicted molar refractivity (Wildman–Crippen MR) is 61.4 cm³/mol. The monoisotopic (exact) mass is 229 g/mol. The van der Waals surface area contributed by atoms with Gasteiger partial charge in [-0.15, -0.1) is 0 Å². The fourth-order valence-electron chi connectivity index (χ4n) is 1.41. The van der Waals surface area contributed by atoms with Gasteiger partial charge in [0.2, 0.25) is 0 Å². The quantitative estimate of drug-likeness (QED) is 0.780.